The van der Waals surface area contributed by atoms with Crippen LogP contribution in [0.1, 0.15) is 49.2 Å². The lowest BCUT2D eigenvalue weighted by Gasteiger charge is -2.51. The Labute approximate surface area is 169 Å². The molecule has 0 unspecified atom stereocenters. The van der Waals surface area contributed by atoms with E-state index in [1.165, 1.54) is 6.92 Å². The van der Waals surface area contributed by atoms with Crippen LogP contribution in [0.4, 0.5) is 0 Å². The van der Waals surface area contributed by atoms with Crippen LogP contribution in [0.25, 0.3) is 5.65 Å². The second-order valence-corrected chi connectivity index (χ2v) is 8.43. The molecule has 4 rings (SSSR count). The molecule has 2 amide bonds. The number of fused-ring (bicyclic) bond motifs is 1. The van der Waals surface area contributed by atoms with E-state index in [0.29, 0.717) is 43.6 Å². The quantitative estimate of drug-likeness (QED) is 0.766. The Morgan fingerprint density at radius 1 is 1.34 bits per heavy atom. The minimum atomic E-state index is -1.05. The number of hydrogen-bond donors (Lipinski definition) is 2. The summed E-state index contributed by atoms with van der Waals surface area (Å²) >= 11 is 0. The van der Waals surface area contributed by atoms with Crippen LogP contribution >= 0.6 is 0 Å². The molecule has 9 heteroatoms. The summed E-state index contributed by atoms with van der Waals surface area (Å²) in [6, 6.07) is 1.37. The molecule has 29 heavy (non-hydrogen) atoms. The number of rotatable bonds is 2. The zero-order valence-electron chi connectivity index (χ0n) is 17.0. The van der Waals surface area contributed by atoms with Crippen LogP contribution in [0.15, 0.2) is 18.5 Å². The zero-order chi connectivity index (χ0) is 20.8. The van der Waals surface area contributed by atoms with Gasteiger partial charge in [-0.25, -0.2) is 9.50 Å². The first-order valence-electron chi connectivity index (χ1n) is 9.93. The molecule has 4 heterocycles. The molecule has 2 aromatic rings. The van der Waals surface area contributed by atoms with E-state index in [1.807, 2.05) is 11.8 Å². The van der Waals surface area contributed by atoms with Gasteiger partial charge in [-0.1, -0.05) is 0 Å². The van der Waals surface area contributed by atoms with Crippen molar-refractivity contribution in [3.05, 3.63) is 29.7 Å². The Balaban J connectivity index is 1.44. The summed E-state index contributed by atoms with van der Waals surface area (Å²) in [6.07, 6.45) is 4.97. The van der Waals surface area contributed by atoms with Gasteiger partial charge in [0.1, 0.15) is 0 Å². The number of likely N-dealkylation sites (tertiary alicyclic amines) is 1. The number of carbonyl (C=O) groups is 2. The molecule has 2 atom stereocenters. The smallest absolute Gasteiger partial charge is 0.257 e. The fraction of sp³-hybridized carbons (Fsp3) is 0.600. The van der Waals surface area contributed by atoms with Crippen LogP contribution < -0.4 is 5.32 Å². The predicted octanol–water partition coefficient (Wildman–Crippen LogP) is 0.689. The number of hydrogen-bond acceptors (Lipinski definition) is 6. The highest BCUT2D eigenvalue weighted by Gasteiger charge is 2.49. The molecule has 2 aromatic heterocycles. The normalized spacial score (nSPS) is 26.6. The first-order valence-corrected chi connectivity index (χ1v) is 9.93. The largest absolute Gasteiger partial charge is 0.388 e. The summed E-state index contributed by atoms with van der Waals surface area (Å²) in [5.74, 6) is -0.255. The average Bonchev–Trinajstić information content (AvgIpc) is 3.14. The van der Waals surface area contributed by atoms with E-state index in [9.17, 15) is 14.7 Å². The molecular weight excluding hydrogens is 374 g/mol. The average molecular weight is 401 g/mol. The van der Waals surface area contributed by atoms with Crippen molar-refractivity contribution in [2.24, 2.45) is 0 Å². The van der Waals surface area contributed by atoms with Gasteiger partial charge in [0.15, 0.2) is 5.65 Å². The second kappa shape index (κ2) is 7.07. The first-order chi connectivity index (χ1) is 13.7. The number of carbonyl (C=O) groups excluding carboxylic acids is 2. The molecule has 156 valence electrons. The van der Waals surface area contributed by atoms with Crippen LogP contribution in [0.2, 0.25) is 0 Å². The number of nitrogens with one attached hydrogen (secondary N) is 1. The minimum Gasteiger partial charge on any atom is -0.388 e. The van der Waals surface area contributed by atoms with E-state index >= 15 is 0 Å². The van der Waals surface area contributed by atoms with Crippen molar-refractivity contribution >= 4 is 17.5 Å². The van der Waals surface area contributed by atoms with Crippen molar-refractivity contribution in [2.45, 2.75) is 57.3 Å². The number of nitrogens with zero attached hydrogens (tertiary/aromatic N) is 4. The van der Waals surface area contributed by atoms with E-state index in [2.05, 4.69) is 15.4 Å². The van der Waals surface area contributed by atoms with E-state index in [4.69, 9.17) is 4.74 Å². The van der Waals surface area contributed by atoms with Gasteiger partial charge in [-0.2, -0.15) is 5.10 Å². The van der Waals surface area contributed by atoms with Gasteiger partial charge in [0.25, 0.3) is 5.91 Å². The maximum atomic E-state index is 13.1. The minimum absolute atomic E-state index is 0.0686. The van der Waals surface area contributed by atoms with Gasteiger partial charge in [0.2, 0.25) is 5.91 Å². The van der Waals surface area contributed by atoms with Crippen LogP contribution in [-0.4, -0.2) is 73.4 Å². The third-order valence-corrected chi connectivity index (χ3v) is 6.21. The molecule has 2 N–H and O–H groups in total. The van der Waals surface area contributed by atoms with Crippen molar-refractivity contribution in [2.75, 3.05) is 19.7 Å². The predicted molar refractivity (Wildman–Crippen MR) is 104 cm³/mol. The molecule has 2 fully saturated rings. The monoisotopic (exact) mass is 401 g/mol. The first kappa shape index (κ1) is 19.8. The van der Waals surface area contributed by atoms with E-state index < -0.39 is 17.2 Å². The lowest BCUT2D eigenvalue weighted by Crippen LogP contribution is -2.64. The summed E-state index contributed by atoms with van der Waals surface area (Å²) in [5, 5.41) is 17.9. The summed E-state index contributed by atoms with van der Waals surface area (Å²) in [6.45, 7) is 6.38. The van der Waals surface area contributed by atoms with Crippen molar-refractivity contribution in [3.8, 4) is 0 Å². The van der Waals surface area contributed by atoms with Crippen LogP contribution in [0.3, 0.4) is 0 Å². The summed E-state index contributed by atoms with van der Waals surface area (Å²) in [4.78, 5) is 30.6. The van der Waals surface area contributed by atoms with Gasteiger partial charge in [-0.3, -0.25) is 9.59 Å². The van der Waals surface area contributed by atoms with Crippen molar-refractivity contribution < 1.29 is 19.4 Å². The summed E-state index contributed by atoms with van der Waals surface area (Å²) < 4.78 is 7.79. The van der Waals surface area contributed by atoms with Gasteiger partial charge >= 0.3 is 0 Å². The highest BCUT2D eigenvalue weighted by molar-refractivity contribution is 5.95. The topological polar surface area (TPSA) is 109 Å². The van der Waals surface area contributed by atoms with E-state index in [-0.39, 0.29) is 18.4 Å². The van der Waals surface area contributed by atoms with E-state index in [0.717, 1.165) is 5.69 Å². The highest BCUT2D eigenvalue weighted by Crippen LogP contribution is 2.39. The number of aryl methyl sites for hydroxylation is 1. The van der Waals surface area contributed by atoms with Gasteiger partial charge in [0, 0.05) is 38.7 Å². The molecule has 0 saturated carbocycles. The Bertz CT molecular complexity index is 945. The van der Waals surface area contributed by atoms with Crippen LogP contribution in [0.5, 0.6) is 0 Å². The summed E-state index contributed by atoms with van der Waals surface area (Å²) in [7, 11) is 0. The number of aromatic nitrogens is 3. The fourth-order valence-electron chi connectivity index (χ4n) is 4.52. The Morgan fingerprint density at radius 3 is 2.72 bits per heavy atom. The molecule has 1 spiro atoms. The SMILES string of the molecule is CC(=O)N[C@H]1COC2(CCN(C(=O)c3cnc4ccnn4c3C)CC2)C[C@]1(C)O. The third kappa shape index (κ3) is 3.60. The number of ether oxygens (including phenoxy) is 1. The Kier molecular flexibility index (Phi) is 4.82. The Morgan fingerprint density at radius 2 is 2.07 bits per heavy atom. The molecule has 2 saturated heterocycles. The lowest BCUT2D eigenvalue weighted by atomic mass is 9.75. The number of amides is 2. The van der Waals surface area contributed by atoms with Gasteiger partial charge < -0.3 is 20.1 Å². The van der Waals surface area contributed by atoms with Gasteiger partial charge in [0.05, 0.1) is 41.3 Å². The maximum absolute atomic E-state index is 13.1. The van der Waals surface area contributed by atoms with Crippen molar-refractivity contribution in [3.63, 3.8) is 0 Å². The fourth-order valence-corrected chi connectivity index (χ4v) is 4.52. The lowest BCUT2D eigenvalue weighted by molar-refractivity contribution is -0.187. The van der Waals surface area contributed by atoms with Crippen LogP contribution in [-0.2, 0) is 9.53 Å². The Hall–Kier alpha value is -2.52. The second-order valence-electron chi connectivity index (χ2n) is 8.43. The molecular formula is C20H27N5O4. The number of aliphatic hydroxyl groups is 1. The third-order valence-electron chi connectivity index (χ3n) is 6.21. The molecule has 9 nitrogen and oxygen atoms in total. The van der Waals surface area contributed by atoms with Crippen LogP contribution in [0, 0.1) is 6.92 Å². The van der Waals surface area contributed by atoms with Crippen molar-refractivity contribution in [1.82, 2.24) is 24.8 Å². The molecule has 0 aliphatic carbocycles. The van der Waals surface area contributed by atoms with Gasteiger partial charge in [-0.05, 0) is 26.7 Å². The number of piperidine rings is 1. The molecule has 2 aliphatic heterocycles. The van der Waals surface area contributed by atoms with Gasteiger partial charge in [-0.15, -0.1) is 0 Å². The van der Waals surface area contributed by atoms with Crippen molar-refractivity contribution in [1.29, 1.82) is 0 Å². The molecule has 0 aromatic carbocycles. The standard InChI is InChI=1S/C20H27N5O4/c1-13-15(10-21-17-4-7-22-25(13)17)18(27)24-8-5-20(6-9-24)12-19(3,28)16(11-29-20)23-14(2)26/h4,7,10,16,28H,5-6,8-9,11-12H2,1-3H3,(H,23,26)/t16-,19-/m0/s1. The molecule has 0 radical (unpaired) electrons. The molecule has 2 aliphatic rings. The zero-order valence-corrected chi connectivity index (χ0v) is 17.0. The molecule has 0 bridgehead atoms. The highest BCUT2D eigenvalue weighted by atomic mass is 16.5. The summed E-state index contributed by atoms with van der Waals surface area (Å²) in [5.41, 5.74) is 0.485. The van der Waals surface area contributed by atoms with E-state index in [1.54, 1.807) is 29.9 Å². The maximum Gasteiger partial charge on any atom is 0.257 e.